The highest BCUT2D eigenvalue weighted by Crippen LogP contribution is 2.40. The lowest BCUT2D eigenvalue weighted by atomic mass is 9.95. The zero-order valence-corrected chi connectivity index (χ0v) is 16.8. The highest BCUT2D eigenvalue weighted by atomic mass is 19.1. The van der Waals surface area contributed by atoms with Gasteiger partial charge in [-0.2, -0.15) is 0 Å². The minimum atomic E-state index is -0.774. The molecule has 1 N–H and O–H groups in total. The van der Waals surface area contributed by atoms with Gasteiger partial charge in [0.2, 0.25) is 0 Å². The number of ketones is 1. The van der Waals surface area contributed by atoms with Gasteiger partial charge in [0.25, 0.3) is 11.7 Å². The molecule has 1 atom stereocenters. The van der Waals surface area contributed by atoms with E-state index in [1.54, 1.807) is 43.5 Å². The summed E-state index contributed by atoms with van der Waals surface area (Å²) in [4.78, 5) is 27.4. The second-order valence-corrected chi connectivity index (χ2v) is 7.19. The number of aliphatic hydroxyl groups excluding tert-OH is 1. The summed E-state index contributed by atoms with van der Waals surface area (Å²) in [5.41, 5.74) is 1.75. The van der Waals surface area contributed by atoms with Crippen molar-refractivity contribution in [3.05, 3.63) is 107 Å². The SMILES string of the molecule is COc1ccc(CN2C(=O)C(=O)/C(=C(\O)c3ccc(F)cc3)C2c2ccccc2)cc1. The predicted octanol–water partition coefficient (Wildman–Crippen LogP) is 4.46. The highest BCUT2D eigenvalue weighted by molar-refractivity contribution is 6.46. The number of rotatable bonds is 5. The molecular formula is C25H20FNO4. The van der Waals surface area contributed by atoms with E-state index < -0.39 is 23.5 Å². The van der Waals surface area contributed by atoms with Crippen molar-refractivity contribution in [2.45, 2.75) is 12.6 Å². The van der Waals surface area contributed by atoms with Crippen LogP contribution in [-0.4, -0.2) is 28.8 Å². The molecule has 1 fully saturated rings. The average molecular weight is 417 g/mol. The third-order valence-corrected chi connectivity index (χ3v) is 5.28. The molecule has 1 aliphatic rings. The van der Waals surface area contributed by atoms with Crippen LogP contribution >= 0.6 is 0 Å². The molecule has 156 valence electrons. The molecule has 4 rings (SSSR count). The smallest absolute Gasteiger partial charge is 0.295 e. The number of Topliss-reactive ketones (excluding diaryl/α,β-unsaturated/α-hetero) is 1. The number of benzene rings is 3. The summed E-state index contributed by atoms with van der Waals surface area (Å²) >= 11 is 0. The first-order valence-corrected chi connectivity index (χ1v) is 9.72. The maximum absolute atomic E-state index is 13.3. The Hall–Kier alpha value is -3.93. The molecule has 0 spiro atoms. The van der Waals surface area contributed by atoms with Crippen molar-refractivity contribution >= 4 is 17.4 Å². The summed E-state index contributed by atoms with van der Waals surface area (Å²) in [6.45, 7) is 0.175. The number of aliphatic hydroxyl groups is 1. The predicted molar refractivity (Wildman–Crippen MR) is 114 cm³/mol. The fraction of sp³-hybridized carbons (Fsp3) is 0.120. The highest BCUT2D eigenvalue weighted by Gasteiger charge is 2.46. The van der Waals surface area contributed by atoms with Crippen LogP contribution in [0.25, 0.3) is 5.76 Å². The first-order chi connectivity index (χ1) is 15.0. The van der Waals surface area contributed by atoms with E-state index in [0.717, 1.165) is 5.56 Å². The second kappa shape index (κ2) is 8.44. The van der Waals surface area contributed by atoms with Gasteiger partial charge in [-0.15, -0.1) is 0 Å². The number of hydrogen-bond donors (Lipinski definition) is 1. The van der Waals surface area contributed by atoms with Crippen LogP contribution in [0, 0.1) is 5.82 Å². The van der Waals surface area contributed by atoms with Crippen molar-refractivity contribution in [2.24, 2.45) is 0 Å². The Bertz CT molecular complexity index is 1140. The lowest BCUT2D eigenvalue weighted by Gasteiger charge is -2.25. The van der Waals surface area contributed by atoms with E-state index in [1.807, 2.05) is 18.2 Å². The molecule has 0 bridgehead atoms. The maximum atomic E-state index is 13.3. The molecule has 1 heterocycles. The van der Waals surface area contributed by atoms with Crippen molar-refractivity contribution in [1.29, 1.82) is 0 Å². The molecule has 31 heavy (non-hydrogen) atoms. The normalized spacial score (nSPS) is 17.7. The quantitative estimate of drug-likeness (QED) is 0.378. The molecular weight excluding hydrogens is 397 g/mol. The Morgan fingerprint density at radius 1 is 0.968 bits per heavy atom. The van der Waals surface area contributed by atoms with Crippen LogP contribution in [0.3, 0.4) is 0 Å². The number of carbonyl (C=O) groups excluding carboxylic acids is 2. The van der Waals surface area contributed by atoms with E-state index in [-0.39, 0.29) is 23.4 Å². The number of amides is 1. The van der Waals surface area contributed by atoms with Crippen LogP contribution in [0.5, 0.6) is 5.75 Å². The number of halogens is 1. The van der Waals surface area contributed by atoms with E-state index in [0.29, 0.717) is 11.3 Å². The van der Waals surface area contributed by atoms with Crippen LogP contribution in [0.2, 0.25) is 0 Å². The molecule has 3 aromatic rings. The molecule has 0 aliphatic carbocycles. The number of carbonyl (C=O) groups is 2. The van der Waals surface area contributed by atoms with Gasteiger partial charge in [-0.05, 0) is 47.5 Å². The van der Waals surface area contributed by atoms with Crippen LogP contribution in [0.15, 0.2) is 84.4 Å². The Kier molecular flexibility index (Phi) is 5.54. The van der Waals surface area contributed by atoms with Gasteiger partial charge in [0, 0.05) is 12.1 Å². The van der Waals surface area contributed by atoms with Crippen LogP contribution in [0.4, 0.5) is 4.39 Å². The fourth-order valence-corrected chi connectivity index (χ4v) is 3.72. The fourth-order valence-electron chi connectivity index (χ4n) is 3.72. The molecule has 5 nitrogen and oxygen atoms in total. The minimum Gasteiger partial charge on any atom is -0.507 e. The number of hydrogen-bond acceptors (Lipinski definition) is 4. The monoisotopic (exact) mass is 417 g/mol. The number of methoxy groups -OCH3 is 1. The van der Waals surface area contributed by atoms with Crippen molar-refractivity contribution < 1.29 is 23.8 Å². The summed E-state index contributed by atoms with van der Waals surface area (Å²) in [7, 11) is 1.57. The maximum Gasteiger partial charge on any atom is 0.295 e. The minimum absolute atomic E-state index is 0.0173. The van der Waals surface area contributed by atoms with Crippen molar-refractivity contribution in [1.82, 2.24) is 4.90 Å². The van der Waals surface area contributed by atoms with Gasteiger partial charge in [0.15, 0.2) is 0 Å². The van der Waals surface area contributed by atoms with Crippen molar-refractivity contribution in [3.8, 4) is 5.75 Å². The first-order valence-electron chi connectivity index (χ1n) is 9.72. The Labute approximate surface area is 179 Å². The number of nitrogens with zero attached hydrogens (tertiary/aromatic N) is 1. The standard InChI is InChI=1S/C25H20FNO4/c1-31-20-13-7-16(8-14-20)15-27-22(17-5-3-2-4-6-17)21(24(29)25(27)30)23(28)18-9-11-19(26)12-10-18/h2-14,22,28H,15H2,1H3/b23-21-. The van der Waals surface area contributed by atoms with Gasteiger partial charge in [-0.1, -0.05) is 42.5 Å². The average Bonchev–Trinajstić information content (AvgIpc) is 3.05. The van der Waals surface area contributed by atoms with Crippen molar-refractivity contribution in [2.75, 3.05) is 7.11 Å². The van der Waals surface area contributed by atoms with Crippen LogP contribution in [-0.2, 0) is 16.1 Å². The lowest BCUT2D eigenvalue weighted by Crippen LogP contribution is -2.29. The van der Waals surface area contributed by atoms with Crippen LogP contribution in [0.1, 0.15) is 22.7 Å². The molecule has 0 saturated carbocycles. The summed E-state index contributed by atoms with van der Waals surface area (Å²) in [6, 6.07) is 20.6. The van der Waals surface area contributed by atoms with Gasteiger partial charge in [0.1, 0.15) is 17.3 Å². The van der Waals surface area contributed by atoms with E-state index in [2.05, 4.69) is 0 Å². The summed E-state index contributed by atoms with van der Waals surface area (Å²) in [5.74, 6) is -1.58. The number of likely N-dealkylation sites (tertiary alicyclic amines) is 1. The molecule has 1 saturated heterocycles. The van der Waals surface area contributed by atoms with Gasteiger partial charge < -0.3 is 14.7 Å². The molecule has 1 aliphatic heterocycles. The molecule has 3 aromatic carbocycles. The zero-order chi connectivity index (χ0) is 22.0. The van der Waals surface area contributed by atoms with E-state index in [4.69, 9.17) is 4.74 Å². The van der Waals surface area contributed by atoms with Gasteiger partial charge in [0.05, 0.1) is 18.7 Å². The van der Waals surface area contributed by atoms with Gasteiger partial charge in [-0.25, -0.2) is 4.39 Å². The third-order valence-electron chi connectivity index (χ3n) is 5.28. The molecule has 6 heteroatoms. The second-order valence-electron chi connectivity index (χ2n) is 7.19. The zero-order valence-electron chi connectivity index (χ0n) is 16.8. The van der Waals surface area contributed by atoms with E-state index >= 15 is 0 Å². The molecule has 0 aromatic heterocycles. The van der Waals surface area contributed by atoms with Crippen molar-refractivity contribution in [3.63, 3.8) is 0 Å². The van der Waals surface area contributed by atoms with E-state index in [9.17, 15) is 19.1 Å². The summed E-state index contributed by atoms with van der Waals surface area (Å²) in [6.07, 6.45) is 0. The number of ether oxygens (including phenoxy) is 1. The van der Waals surface area contributed by atoms with Gasteiger partial charge in [-0.3, -0.25) is 9.59 Å². The summed E-state index contributed by atoms with van der Waals surface area (Å²) < 4.78 is 18.5. The Morgan fingerprint density at radius 2 is 1.61 bits per heavy atom. The first kappa shape index (κ1) is 20.3. The topological polar surface area (TPSA) is 66.8 Å². The molecule has 0 radical (unpaired) electrons. The Balaban J connectivity index is 1.80. The third kappa shape index (κ3) is 3.92. The molecule has 1 unspecified atom stereocenters. The largest absolute Gasteiger partial charge is 0.507 e. The summed E-state index contributed by atoms with van der Waals surface area (Å²) in [5, 5.41) is 10.9. The van der Waals surface area contributed by atoms with Crippen LogP contribution < -0.4 is 4.74 Å². The molecule has 1 amide bonds. The van der Waals surface area contributed by atoms with E-state index in [1.165, 1.54) is 29.2 Å². The van der Waals surface area contributed by atoms with Gasteiger partial charge >= 0.3 is 0 Å². The lowest BCUT2D eigenvalue weighted by molar-refractivity contribution is -0.140. The Morgan fingerprint density at radius 3 is 2.23 bits per heavy atom.